The third kappa shape index (κ3) is 5.95. The summed E-state index contributed by atoms with van der Waals surface area (Å²) in [6, 6.07) is 16.6. The van der Waals surface area contributed by atoms with E-state index in [0.717, 1.165) is 32.0 Å². The third-order valence-corrected chi connectivity index (χ3v) is 8.47. The first kappa shape index (κ1) is 26.6. The highest BCUT2D eigenvalue weighted by molar-refractivity contribution is 7.99. The number of rotatable bonds is 5. The zero-order chi connectivity index (χ0) is 25.5. The molecule has 3 aromatic rings. The molecule has 0 aliphatic heterocycles. The SMILES string of the molecule is Cc1cc(O)c(C(C)(C)C)cc1Sc1cc(C(C)(C)C)c(O[P+](O)(O)c2ccccc2)cc1C. The van der Waals surface area contributed by atoms with Crippen molar-refractivity contribution in [3.63, 3.8) is 0 Å². The molecule has 0 heterocycles. The number of hydrogen-bond donors (Lipinski definition) is 3. The van der Waals surface area contributed by atoms with E-state index in [1.165, 1.54) is 0 Å². The Labute approximate surface area is 208 Å². The van der Waals surface area contributed by atoms with Crippen LogP contribution >= 0.6 is 19.7 Å². The summed E-state index contributed by atoms with van der Waals surface area (Å²) >= 11 is 1.65. The number of phenolic OH excluding ortho intramolecular Hbond substituents is 1. The van der Waals surface area contributed by atoms with Crippen molar-refractivity contribution in [3.8, 4) is 11.5 Å². The fraction of sp³-hybridized carbons (Fsp3) is 0.357. The van der Waals surface area contributed by atoms with E-state index < -0.39 is 7.94 Å². The highest BCUT2D eigenvalue weighted by atomic mass is 32.2. The van der Waals surface area contributed by atoms with Crippen LogP contribution in [0.5, 0.6) is 11.5 Å². The van der Waals surface area contributed by atoms with E-state index >= 15 is 0 Å². The fourth-order valence-corrected chi connectivity index (χ4v) is 5.87. The van der Waals surface area contributed by atoms with Gasteiger partial charge in [-0.05, 0) is 72.2 Å². The lowest BCUT2D eigenvalue weighted by atomic mass is 9.86. The summed E-state index contributed by atoms with van der Waals surface area (Å²) in [5, 5.41) is 10.9. The summed E-state index contributed by atoms with van der Waals surface area (Å²) in [6.07, 6.45) is 0. The van der Waals surface area contributed by atoms with E-state index in [4.69, 9.17) is 4.52 Å². The smallest absolute Gasteiger partial charge is 0.487 e. The van der Waals surface area contributed by atoms with Gasteiger partial charge in [0, 0.05) is 20.9 Å². The molecule has 0 amide bonds. The first-order chi connectivity index (χ1) is 15.6. The Morgan fingerprint density at radius 1 is 0.735 bits per heavy atom. The van der Waals surface area contributed by atoms with Crippen molar-refractivity contribution in [1.29, 1.82) is 0 Å². The number of phenols is 1. The molecule has 0 atom stereocenters. The molecule has 0 aliphatic carbocycles. The van der Waals surface area contributed by atoms with Crippen LogP contribution in [0.25, 0.3) is 0 Å². The Morgan fingerprint density at radius 3 is 1.76 bits per heavy atom. The molecular formula is C28H36O4PS+. The molecule has 4 nitrogen and oxygen atoms in total. The van der Waals surface area contributed by atoms with Gasteiger partial charge in [0.15, 0.2) is 11.1 Å². The average Bonchev–Trinajstić information content (AvgIpc) is 2.70. The zero-order valence-electron chi connectivity index (χ0n) is 21.3. The van der Waals surface area contributed by atoms with Gasteiger partial charge in [-0.1, -0.05) is 71.5 Å². The van der Waals surface area contributed by atoms with Crippen LogP contribution in [-0.2, 0) is 10.8 Å². The first-order valence-corrected chi connectivity index (χ1v) is 13.8. The third-order valence-electron chi connectivity index (χ3n) is 5.72. The molecule has 0 saturated heterocycles. The normalized spacial score (nSPS) is 12.6. The van der Waals surface area contributed by atoms with Gasteiger partial charge >= 0.3 is 7.94 Å². The van der Waals surface area contributed by atoms with Gasteiger partial charge in [-0.2, -0.15) is 9.79 Å². The second-order valence-electron chi connectivity index (χ2n) is 10.8. The Balaban J connectivity index is 2.06. The molecule has 0 aliphatic rings. The van der Waals surface area contributed by atoms with Crippen LogP contribution in [0, 0.1) is 13.8 Å². The summed E-state index contributed by atoms with van der Waals surface area (Å²) in [5.41, 5.74) is 3.33. The zero-order valence-corrected chi connectivity index (χ0v) is 23.0. The number of hydrogen-bond acceptors (Lipinski definition) is 5. The maximum atomic E-state index is 10.8. The molecule has 0 spiro atoms. The minimum atomic E-state index is -3.79. The maximum Gasteiger partial charge on any atom is 0.487 e. The van der Waals surface area contributed by atoms with Crippen LogP contribution in [-0.4, -0.2) is 14.9 Å². The molecule has 0 radical (unpaired) electrons. The lowest BCUT2D eigenvalue weighted by Gasteiger charge is -2.25. The molecule has 0 aromatic heterocycles. The van der Waals surface area contributed by atoms with Gasteiger partial charge in [0.1, 0.15) is 5.75 Å². The standard InChI is InChI=1S/C28H35O4PS/c1-18-14-23(29)21(27(3,4)5)16-25(18)34-26-17-22(28(6,7)8)24(15-19(26)2)32-33(30,31)20-12-10-9-11-13-20/h9-17,30-31H,1-8H3/p+1. The van der Waals surface area contributed by atoms with Crippen LogP contribution in [0.15, 0.2) is 64.4 Å². The van der Waals surface area contributed by atoms with Crippen molar-refractivity contribution in [3.05, 3.63) is 76.9 Å². The molecule has 34 heavy (non-hydrogen) atoms. The van der Waals surface area contributed by atoms with Crippen LogP contribution in [0.1, 0.15) is 63.8 Å². The molecule has 182 valence electrons. The maximum absolute atomic E-state index is 10.8. The number of aryl methyl sites for hydroxylation is 2. The molecule has 0 unspecified atom stereocenters. The minimum Gasteiger partial charge on any atom is -0.508 e. The summed E-state index contributed by atoms with van der Waals surface area (Å²) in [7, 11) is -3.79. The van der Waals surface area contributed by atoms with Gasteiger partial charge < -0.3 is 5.11 Å². The summed E-state index contributed by atoms with van der Waals surface area (Å²) in [4.78, 5) is 23.8. The van der Waals surface area contributed by atoms with Crippen LogP contribution in [0.2, 0.25) is 0 Å². The van der Waals surface area contributed by atoms with Gasteiger partial charge in [-0.25, -0.2) is 0 Å². The molecule has 3 N–H and O–H groups in total. The average molecular weight is 500 g/mol. The Morgan fingerprint density at radius 2 is 1.24 bits per heavy atom. The van der Waals surface area contributed by atoms with Crippen LogP contribution < -0.4 is 9.83 Å². The van der Waals surface area contributed by atoms with Crippen LogP contribution in [0.3, 0.4) is 0 Å². The predicted octanol–water partition coefficient (Wildman–Crippen LogP) is 7.21. The van der Waals surface area contributed by atoms with E-state index in [2.05, 4.69) is 53.7 Å². The van der Waals surface area contributed by atoms with E-state index in [1.807, 2.05) is 32.0 Å². The molecule has 3 aromatic carbocycles. The fourth-order valence-electron chi connectivity index (χ4n) is 3.75. The second kappa shape index (κ2) is 9.54. The highest BCUT2D eigenvalue weighted by Crippen LogP contribution is 2.52. The Hall–Kier alpha value is -2.04. The first-order valence-electron chi connectivity index (χ1n) is 11.4. The largest absolute Gasteiger partial charge is 0.508 e. The predicted molar refractivity (Wildman–Crippen MR) is 144 cm³/mol. The summed E-state index contributed by atoms with van der Waals surface area (Å²) < 4.78 is 5.91. The van der Waals surface area contributed by atoms with Gasteiger partial charge in [-0.3, -0.25) is 4.52 Å². The minimum absolute atomic E-state index is 0.177. The van der Waals surface area contributed by atoms with E-state index in [-0.39, 0.29) is 10.8 Å². The highest BCUT2D eigenvalue weighted by Gasteiger charge is 2.42. The Bertz CT molecular complexity index is 1180. The van der Waals surface area contributed by atoms with Gasteiger partial charge in [0.25, 0.3) is 0 Å². The summed E-state index contributed by atoms with van der Waals surface area (Å²) in [6.45, 7) is 16.5. The molecule has 0 fully saturated rings. The molecule has 6 heteroatoms. The quantitative estimate of drug-likeness (QED) is 0.324. The van der Waals surface area contributed by atoms with Gasteiger partial charge in [0.05, 0.1) is 0 Å². The lowest BCUT2D eigenvalue weighted by molar-refractivity contribution is 0.350. The lowest BCUT2D eigenvalue weighted by Crippen LogP contribution is -2.19. The van der Waals surface area contributed by atoms with Crippen LogP contribution in [0.4, 0.5) is 0 Å². The van der Waals surface area contributed by atoms with E-state index in [9.17, 15) is 14.9 Å². The van der Waals surface area contributed by atoms with Gasteiger partial charge in [-0.15, -0.1) is 0 Å². The molecule has 0 saturated carbocycles. The number of benzene rings is 3. The van der Waals surface area contributed by atoms with E-state index in [0.29, 0.717) is 16.8 Å². The van der Waals surface area contributed by atoms with Crippen molar-refractivity contribution in [2.24, 2.45) is 0 Å². The van der Waals surface area contributed by atoms with Crippen molar-refractivity contribution in [1.82, 2.24) is 0 Å². The van der Waals surface area contributed by atoms with Crippen molar-refractivity contribution < 1.29 is 19.4 Å². The Kier molecular flexibility index (Phi) is 7.46. The van der Waals surface area contributed by atoms with Crippen molar-refractivity contribution in [2.75, 3.05) is 0 Å². The second-order valence-corrected chi connectivity index (χ2v) is 13.7. The monoisotopic (exact) mass is 499 g/mol. The topological polar surface area (TPSA) is 69.9 Å². The molecule has 0 bridgehead atoms. The van der Waals surface area contributed by atoms with Crippen molar-refractivity contribution in [2.45, 2.75) is 76.0 Å². The number of aromatic hydroxyl groups is 1. The summed E-state index contributed by atoms with van der Waals surface area (Å²) in [5.74, 6) is 0.798. The van der Waals surface area contributed by atoms with E-state index in [1.54, 1.807) is 36.0 Å². The molecular weight excluding hydrogens is 463 g/mol. The molecule has 3 rings (SSSR count). The van der Waals surface area contributed by atoms with Crippen molar-refractivity contribution >= 4 is 25.0 Å². The van der Waals surface area contributed by atoms with Gasteiger partial charge in [0.2, 0.25) is 0 Å².